The molecule has 0 saturated carbocycles. The number of rotatable bonds is 5. The van der Waals surface area contributed by atoms with Crippen LogP contribution in [-0.4, -0.2) is 20.7 Å². The SMILES string of the molecule is Cc1ccc(Cc2cnc(NC(=O)Cn3ncc4ccccc4c3=O)s2)cc1Cl. The number of carbonyl (C=O) groups excluding carboxylic acids is 1. The molecule has 2 aromatic heterocycles. The van der Waals surface area contributed by atoms with Gasteiger partial charge in [0, 0.05) is 27.9 Å². The highest BCUT2D eigenvalue weighted by molar-refractivity contribution is 7.15. The van der Waals surface area contributed by atoms with E-state index in [9.17, 15) is 9.59 Å². The monoisotopic (exact) mass is 424 g/mol. The van der Waals surface area contributed by atoms with Gasteiger partial charge in [-0.1, -0.05) is 41.9 Å². The summed E-state index contributed by atoms with van der Waals surface area (Å²) in [6.07, 6.45) is 3.99. The smallest absolute Gasteiger partial charge is 0.275 e. The summed E-state index contributed by atoms with van der Waals surface area (Å²) >= 11 is 7.57. The van der Waals surface area contributed by atoms with Gasteiger partial charge in [0.25, 0.3) is 5.56 Å². The zero-order chi connectivity index (χ0) is 20.4. The van der Waals surface area contributed by atoms with Crippen molar-refractivity contribution < 1.29 is 4.79 Å². The molecule has 2 aromatic carbocycles. The van der Waals surface area contributed by atoms with Gasteiger partial charge in [0.15, 0.2) is 5.13 Å². The van der Waals surface area contributed by atoms with Gasteiger partial charge in [0.1, 0.15) is 6.54 Å². The van der Waals surface area contributed by atoms with Gasteiger partial charge < -0.3 is 5.32 Å². The van der Waals surface area contributed by atoms with Crippen molar-refractivity contribution in [2.75, 3.05) is 5.32 Å². The lowest BCUT2D eigenvalue weighted by Gasteiger charge is -2.05. The first kappa shape index (κ1) is 19.3. The topological polar surface area (TPSA) is 76.9 Å². The molecule has 1 amide bonds. The van der Waals surface area contributed by atoms with Gasteiger partial charge in [-0.3, -0.25) is 9.59 Å². The number of thiazole rings is 1. The molecule has 0 atom stereocenters. The number of anilines is 1. The van der Waals surface area contributed by atoms with Gasteiger partial charge in [-0.25, -0.2) is 9.67 Å². The van der Waals surface area contributed by atoms with Crippen LogP contribution in [0.2, 0.25) is 5.02 Å². The number of benzene rings is 2. The molecule has 0 aliphatic carbocycles. The Morgan fingerprint density at radius 3 is 2.86 bits per heavy atom. The highest BCUT2D eigenvalue weighted by Gasteiger charge is 2.11. The number of aromatic nitrogens is 3. The number of hydrogen-bond donors (Lipinski definition) is 1. The average molecular weight is 425 g/mol. The Bertz CT molecular complexity index is 1270. The van der Waals surface area contributed by atoms with Crippen LogP contribution in [0.1, 0.15) is 16.0 Å². The third-order valence-corrected chi connectivity index (χ3v) is 5.79. The highest BCUT2D eigenvalue weighted by Crippen LogP contribution is 2.24. The van der Waals surface area contributed by atoms with Crippen LogP contribution in [0.5, 0.6) is 0 Å². The number of nitrogens with one attached hydrogen (secondary N) is 1. The minimum atomic E-state index is -0.353. The summed E-state index contributed by atoms with van der Waals surface area (Å²) in [6, 6.07) is 13.1. The van der Waals surface area contributed by atoms with E-state index in [2.05, 4.69) is 15.4 Å². The van der Waals surface area contributed by atoms with Crippen LogP contribution in [-0.2, 0) is 17.8 Å². The van der Waals surface area contributed by atoms with Crippen molar-refractivity contribution in [3.63, 3.8) is 0 Å². The van der Waals surface area contributed by atoms with Crippen molar-refractivity contribution >= 4 is 44.7 Å². The molecule has 0 unspecified atom stereocenters. The van der Waals surface area contributed by atoms with E-state index in [1.165, 1.54) is 11.3 Å². The standard InChI is InChI=1S/C21H17ClN4O2S/c1-13-6-7-14(9-18(13)22)8-16-11-23-21(29-16)25-19(27)12-26-20(28)17-5-3-2-4-15(17)10-24-26/h2-7,9-11H,8,12H2,1H3,(H,23,25,27). The van der Waals surface area contributed by atoms with Crippen molar-refractivity contribution in [3.05, 3.63) is 86.2 Å². The fraction of sp³-hybridized carbons (Fsp3) is 0.143. The molecule has 2 heterocycles. The molecular formula is C21H17ClN4O2S. The lowest BCUT2D eigenvalue weighted by molar-refractivity contribution is -0.117. The van der Waals surface area contributed by atoms with Gasteiger partial charge in [0.05, 0.1) is 11.6 Å². The number of halogens is 1. The molecule has 0 fully saturated rings. The summed E-state index contributed by atoms with van der Waals surface area (Å²) in [4.78, 5) is 30.1. The van der Waals surface area contributed by atoms with Crippen molar-refractivity contribution in [1.29, 1.82) is 0 Å². The van der Waals surface area contributed by atoms with Gasteiger partial charge in [-0.05, 0) is 30.2 Å². The van der Waals surface area contributed by atoms with Crippen molar-refractivity contribution in [3.8, 4) is 0 Å². The van der Waals surface area contributed by atoms with Crippen LogP contribution in [0.15, 0.2) is 59.7 Å². The minimum Gasteiger partial charge on any atom is -0.300 e. The van der Waals surface area contributed by atoms with Crippen LogP contribution >= 0.6 is 22.9 Å². The molecule has 0 saturated heterocycles. The lowest BCUT2D eigenvalue weighted by atomic mass is 10.1. The number of nitrogens with zero attached hydrogens (tertiary/aromatic N) is 3. The van der Waals surface area contributed by atoms with Crippen LogP contribution in [0.3, 0.4) is 0 Å². The predicted molar refractivity (Wildman–Crippen MR) is 116 cm³/mol. The molecule has 1 N–H and O–H groups in total. The average Bonchev–Trinajstić information content (AvgIpc) is 3.14. The van der Waals surface area contributed by atoms with E-state index in [4.69, 9.17) is 11.6 Å². The molecule has 8 heteroatoms. The number of fused-ring (bicyclic) bond motifs is 1. The molecule has 4 rings (SSSR count). The first-order valence-corrected chi connectivity index (χ1v) is 10.1. The molecule has 4 aromatic rings. The quantitative estimate of drug-likeness (QED) is 0.524. The van der Waals surface area contributed by atoms with Crippen LogP contribution < -0.4 is 10.9 Å². The van der Waals surface area contributed by atoms with Gasteiger partial charge in [0.2, 0.25) is 5.91 Å². The van der Waals surface area contributed by atoms with Crippen LogP contribution in [0, 0.1) is 6.92 Å². The molecule has 0 radical (unpaired) electrons. The summed E-state index contributed by atoms with van der Waals surface area (Å²) in [5.41, 5.74) is 1.81. The van der Waals surface area contributed by atoms with E-state index in [0.717, 1.165) is 31.1 Å². The number of carbonyl (C=O) groups is 1. The molecule has 0 bridgehead atoms. The predicted octanol–water partition coefficient (Wildman–Crippen LogP) is 4.04. The highest BCUT2D eigenvalue weighted by atomic mass is 35.5. The van der Waals surface area contributed by atoms with Crippen molar-refractivity contribution in [2.45, 2.75) is 19.9 Å². The number of amides is 1. The third-order valence-electron chi connectivity index (χ3n) is 4.47. The second kappa shape index (κ2) is 8.14. The number of aryl methyl sites for hydroxylation is 1. The van der Waals surface area contributed by atoms with E-state index in [1.807, 2.05) is 37.3 Å². The molecule has 146 valence electrons. The fourth-order valence-corrected chi connectivity index (χ4v) is 4.00. The maximum Gasteiger partial charge on any atom is 0.275 e. The second-order valence-electron chi connectivity index (χ2n) is 6.63. The molecule has 6 nitrogen and oxygen atoms in total. The van der Waals surface area contributed by atoms with Gasteiger partial charge >= 0.3 is 0 Å². The third kappa shape index (κ3) is 4.36. The Labute approximate surface area is 175 Å². The van der Waals surface area contributed by atoms with Crippen LogP contribution in [0.25, 0.3) is 10.8 Å². The van der Waals surface area contributed by atoms with Crippen LogP contribution in [0.4, 0.5) is 5.13 Å². The van der Waals surface area contributed by atoms with E-state index in [0.29, 0.717) is 16.9 Å². The Balaban J connectivity index is 1.43. The fourth-order valence-electron chi connectivity index (χ4n) is 2.93. The first-order chi connectivity index (χ1) is 14.0. The second-order valence-corrected chi connectivity index (χ2v) is 8.16. The summed E-state index contributed by atoms with van der Waals surface area (Å²) in [6.45, 7) is 1.79. The lowest BCUT2D eigenvalue weighted by Crippen LogP contribution is -2.29. The molecule has 0 spiro atoms. The minimum absolute atomic E-state index is 0.174. The zero-order valence-corrected chi connectivity index (χ0v) is 17.1. The van der Waals surface area contributed by atoms with E-state index < -0.39 is 0 Å². The van der Waals surface area contributed by atoms with Crippen molar-refractivity contribution in [2.24, 2.45) is 0 Å². The first-order valence-electron chi connectivity index (χ1n) is 8.94. The number of hydrogen-bond acceptors (Lipinski definition) is 5. The van der Waals surface area contributed by atoms with Gasteiger partial charge in [-0.2, -0.15) is 5.10 Å². The van der Waals surface area contributed by atoms with Crippen molar-refractivity contribution in [1.82, 2.24) is 14.8 Å². The molecular weight excluding hydrogens is 408 g/mol. The molecule has 29 heavy (non-hydrogen) atoms. The molecule has 0 aliphatic heterocycles. The zero-order valence-electron chi connectivity index (χ0n) is 15.6. The van der Waals surface area contributed by atoms with E-state index in [-0.39, 0.29) is 18.0 Å². The van der Waals surface area contributed by atoms with Gasteiger partial charge in [-0.15, -0.1) is 11.3 Å². The maximum atomic E-state index is 12.5. The molecule has 0 aliphatic rings. The Hall–Kier alpha value is -3.03. The van der Waals surface area contributed by atoms with E-state index in [1.54, 1.807) is 24.5 Å². The Kier molecular flexibility index (Phi) is 5.42. The summed E-state index contributed by atoms with van der Waals surface area (Å²) in [5, 5.41) is 9.30. The summed E-state index contributed by atoms with van der Waals surface area (Å²) in [5.74, 6) is -0.353. The summed E-state index contributed by atoms with van der Waals surface area (Å²) in [7, 11) is 0. The summed E-state index contributed by atoms with van der Waals surface area (Å²) < 4.78 is 1.15. The normalized spacial score (nSPS) is 11.0. The largest absolute Gasteiger partial charge is 0.300 e. The maximum absolute atomic E-state index is 12.5. The van der Waals surface area contributed by atoms with E-state index >= 15 is 0 Å². The Morgan fingerprint density at radius 2 is 2.03 bits per heavy atom. The Morgan fingerprint density at radius 1 is 1.21 bits per heavy atom.